The van der Waals surface area contributed by atoms with Crippen molar-refractivity contribution in [3.05, 3.63) is 45.8 Å². The normalized spacial score (nSPS) is 10.8. The highest BCUT2D eigenvalue weighted by molar-refractivity contribution is 8.13. The molecule has 4 nitrogen and oxygen atoms in total. The van der Waals surface area contributed by atoms with Crippen LogP contribution in [0.1, 0.15) is 18.9 Å². The highest BCUT2D eigenvalue weighted by atomic mass is 32.2. The van der Waals surface area contributed by atoms with Crippen molar-refractivity contribution in [2.45, 2.75) is 13.3 Å². The minimum absolute atomic E-state index is 0.0323. The minimum atomic E-state index is -0.835. The monoisotopic (exact) mass is 269 g/mol. The second-order valence-corrected chi connectivity index (χ2v) is 4.74. The van der Waals surface area contributed by atoms with Gasteiger partial charge in [0.2, 0.25) is 5.82 Å². The van der Waals surface area contributed by atoms with E-state index in [4.69, 9.17) is 0 Å². The van der Waals surface area contributed by atoms with Gasteiger partial charge in [-0.1, -0.05) is 36.0 Å². The number of allylic oxidation sites excluding steroid dienone is 1. The molecular weight excluding hydrogens is 257 g/mol. The van der Waals surface area contributed by atoms with Gasteiger partial charge >= 0.3 is 5.69 Å². The van der Waals surface area contributed by atoms with Gasteiger partial charge in [-0.25, -0.2) is 0 Å². The Kier molecular flexibility index (Phi) is 5.51. The molecule has 0 aliphatic rings. The van der Waals surface area contributed by atoms with Crippen LogP contribution in [0.2, 0.25) is 0 Å². The van der Waals surface area contributed by atoms with Crippen molar-refractivity contribution in [3.8, 4) is 0 Å². The van der Waals surface area contributed by atoms with E-state index in [9.17, 15) is 19.3 Å². The fourth-order valence-corrected chi connectivity index (χ4v) is 1.83. The SMILES string of the molecule is CC(=O)SCCC=Cc1cccc([N+](=O)[O-])c1F. The van der Waals surface area contributed by atoms with Gasteiger partial charge in [0.1, 0.15) is 0 Å². The Balaban J connectivity index is 2.67. The molecule has 0 N–H and O–H groups in total. The van der Waals surface area contributed by atoms with Gasteiger partial charge < -0.3 is 0 Å². The molecule has 0 fully saturated rings. The summed E-state index contributed by atoms with van der Waals surface area (Å²) in [6.07, 6.45) is 3.79. The van der Waals surface area contributed by atoms with Crippen LogP contribution in [0, 0.1) is 15.9 Å². The summed E-state index contributed by atoms with van der Waals surface area (Å²) in [7, 11) is 0. The van der Waals surface area contributed by atoms with Crippen LogP contribution in [0.3, 0.4) is 0 Å². The highest BCUT2D eigenvalue weighted by Crippen LogP contribution is 2.21. The molecule has 0 unspecified atom stereocenters. The molecule has 0 aliphatic heterocycles. The van der Waals surface area contributed by atoms with E-state index in [2.05, 4.69) is 0 Å². The van der Waals surface area contributed by atoms with Crippen LogP contribution in [-0.2, 0) is 4.79 Å². The molecule has 0 heterocycles. The zero-order valence-corrected chi connectivity index (χ0v) is 10.6. The van der Waals surface area contributed by atoms with Crippen LogP contribution in [0.15, 0.2) is 24.3 Å². The van der Waals surface area contributed by atoms with Crippen molar-refractivity contribution in [2.24, 2.45) is 0 Å². The molecular formula is C12H12FNO3S. The molecule has 6 heteroatoms. The number of carbonyl (C=O) groups excluding carboxylic acids is 1. The quantitative estimate of drug-likeness (QED) is 0.467. The van der Waals surface area contributed by atoms with Crippen LogP contribution in [0.5, 0.6) is 0 Å². The Labute approximate surface area is 108 Å². The zero-order chi connectivity index (χ0) is 13.5. The number of hydrogen-bond donors (Lipinski definition) is 0. The molecule has 0 spiro atoms. The van der Waals surface area contributed by atoms with Crippen molar-refractivity contribution < 1.29 is 14.1 Å². The molecule has 0 amide bonds. The van der Waals surface area contributed by atoms with Crippen LogP contribution >= 0.6 is 11.8 Å². The van der Waals surface area contributed by atoms with Crippen LogP contribution in [0.4, 0.5) is 10.1 Å². The number of nitrogens with zero attached hydrogens (tertiary/aromatic N) is 1. The third-order valence-electron chi connectivity index (χ3n) is 2.09. The molecule has 18 heavy (non-hydrogen) atoms. The first-order valence-electron chi connectivity index (χ1n) is 5.25. The molecule has 96 valence electrons. The lowest BCUT2D eigenvalue weighted by Gasteiger charge is -1.98. The Morgan fingerprint density at radius 1 is 1.56 bits per heavy atom. The van der Waals surface area contributed by atoms with Crippen LogP contribution < -0.4 is 0 Å². The number of nitro benzene ring substituents is 1. The van der Waals surface area contributed by atoms with E-state index in [0.717, 1.165) is 6.07 Å². The number of hydrogen-bond acceptors (Lipinski definition) is 4. The Hall–Kier alpha value is -1.69. The summed E-state index contributed by atoms with van der Waals surface area (Å²) in [5.74, 6) is -0.222. The largest absolute Gasteiger partial charge is 0.305 e. The van der Waals surface area contributed by atoms with Crippen molar-refractivity contribution in [2.75, 3.05) is 5.75 Å². The Bertz CT molecular complexity index is 488. The average Bonchev–Trinajstić information content (AvgIpc) is 2.30. The smallest absolute Gasteiger partial charge is 0.288 e. The van der Waals surface area contributed by atoms with Gasteiger partial charge in [0.05, 0.1) is 4.92 Å². The molecule has 0 radical (unpaired) electrons. The third-order valence-corrected chi connectivity index (χ3v) is 2.94. The first-order chi connectivity index (χ1) is 8.52. The Morgan fingerprint density at radius 3 is 2.89 bits per heavy atom. The summed E-state index contributed by atoms with van der Waals surface area (Å²) in [6, 6.07) is 4.03. The van der Waals surface area contributed by atoms with Crippen molar-refractivity contribution in [1.82, 2.24) is 0 Å². The standard InChI is InChI=1S/C12H12FNO3S/c1-9(15)18-8-3-2-5-10-6-4-7-11(12(10)13)14(16)17/h2,4-7H,3,8H2,1H3. The van der Waals surface area contributed by atoms with Gasteiger partial charge in [-0.2, -0.15) is 4.39 Å². The number of rotatable bonds is 5. The lowest BCUT2D eigenvalue weighted by atomic mass is 10.1. The fourth-order valence-electron chi connectivity index (χ4n) is 1.29. The molecule has 1 aromatic carbocycles. The number of carbonyl (C=O) groups is 1. The molecule has 1 rings (SSSR count). The summed E-state index contributed by atoms with van der Waals surface area (Å²) < 4.78 is 13.6. The highest BCUT2D eigenvalue weighted by Gasteiger charge is 2.15. The summed E-state index contributed by atoms with van der Waals surface area (Å²) in [5, 5.41) is 10.6. The molecule has 0 saturated heterocycles. The van der Waals surface area contributed by atoms with E-state index >= 15 is 0 Å². The lowest BCUT2D eigenvalue weighted by molar-refractivity contribution is -0.387. The molecule has 0 bridgehead atoms. The minimum Gasteiger partial charge on any atom is -0.288 e. The van der Waals surface area contributed by atoms with Crippen molar-refractivity contribution in [1.29, 1.82) is 0 Å². The van der Waals surface area contributed by atoms with Gasteiger partial charge in [0.15, 0.2) is 5.12 Å². The van der Waals surface area contributed by atoms with E-state index in [1.165, 1.54) is 36.9 Å². The van der Waals surface area contributed by atoms with E-state index in [-0.39, 0.29) is 10.7 Å². The van der Waals surface area contributed by atoms with Gasteiger partial charge in [0.25, 0.3) is 0 Å². The first-order valence-corrected chi connectivity index (χ1v) is 6.23. The summed E-state index contributed by atoms with van der Waals surface area (Å²) in [5.41, 5.74) is -0.354. The molecule has 0 atom stereocenters. The van der Waals surface area contributed by atoms with E-state index in [1.807, 2.05) is 0 Å². The fraction of sp³-hybridized carbons (Fsp3) is 0.250. The van der Waals surface area contributed by atoms with Gasteiger partial charge in [-0.3, -0.25) is 14.9 Å². The maximum Gasteiger partial charge on any atom is 0.305 e. The van der Waals surface area contributed by atoms with Crippen LogP contribution in [-0.4, -0.2) is 15.8 Å². The van der Waals surface area contributed by atoms with Gasteiger partial charge in [0, 0.05) is 24.3 Å². The average molecular weight is 269 g/mol. The van der Waals surface area contributed by atoms with E-state index < -0.39 is 16.4 Å². The number of benzene rings is 1. The third kappa shape index (κ3) is 4.29. The topological polar surface area (TPSA) is 60.2 Å². The van der Waals surface area contributed by atoms with Gasteiger partial charge in [-0.15, -0.1) is 0 Å². The second kappa shape index (κ2) is 6.90. The second-order valence-electron chi connectivity index (χ2n) is 3.47. The summed E-state index contributed by atoms with van der Waals surface area (Å²) in [6.45, 7) is 1.48. The molecule has 0 aromatic heterocycles. The first kappa shape index (κ1) is 14.4. The lowest BCUT2D eigenvalue weighted by Crippen LogP contribution is -1.94. The molecule has 1 aromatic rings. The van der Waals surface area contributed by atoms with Crippen molar-refractivity contribution >= 4 is 28.6 Å². The molecule has 0 saturated carbocycles. The van der Waals surface area contributed by atoms with E-state index in [0.29, 0.717) is 12.2 Å². The maximum absolute atomic E-state index is 13.6. The van der Waals surface area contributed by atoms with Crippen LogP contribution in [0.25, 0.3) is 6.08 Å². The number of halogens is 1. The predicted molar refractivity (Wildman–Crippen MR) is 69.8 cm³/mol. The van der Waals surface area contributed by atoms with Crippen molar-refractivity contribution in [3.63, 3.8) is 0 Å². The maximum atomic E-state index is 13.6. The van der Waals surface area contributed by atoms with E-state index in [1.54, 1.807) is 6.08 Å². The number of thioether (sulfide) groups is 1. The summed E-state index contributed by atoms with van der Waals surface area (Å²) >= 11 is 1.19. The predicted octanol–water partition coefficient (Wildman–Crippen LogP) is 3.42. The number of nitro groups is 1. The Morgan fingerprint density at radius 2 is 2.28 bits per heavy atom. The molecule has 0 aliphatic carbocycles. The zero-order valence-electron chi connectivity index (χ0n) is 9.76. The van der Waals surface area contributed by atoms with Gasteiger partial charge in [-0.05, 0) is 6.42 Å². The summed E-state index contributed by atoms with van der Waals surface area (Å²) in [4.78, 5) is 20.4.